The normalized spacial score (nSPS) is 10.4. The van der Waals surface area contributed by atoms with E-state index in [1.54, 1.807) is 30.3 Å². The van der Waals surface area contributed by atoms with E-state index in [9.17, 15) is 14.7 Å². The number of nitrogens with one attached hydrogen (secondary N) is 1. The molecule has 2 N–H and O–H groups in total. The van der Waals surface area contributed by atoms with Gasteiger partial charge in [-0.05, 0) is 41.1 Å². The summed E-state index contributed by atoms with van der Waals surface area (Å²) < 4.78 is 5.44. The zero-order valence-corrected chi connectivity index (χ0v) is 13.8. The van der Waals surface area contributed by atoms with Crippen LogP contribution in [0, 0.1) is 0 Å². The van der Waals surface area contributed by atoms with Crippen LogP contribution in [-0.2, 0) is 4.79 Å². The van der Waals surface area contributed by atoms with Crippen LogP contribution in [0.5, 0.6) is 5.75 Å². The second-order valence-electron chi connectivity index (χ2n) is 5.35. The topological polar surface area (TPSA) is 75.6 Å². The van der Waals surface area contributed by atoms with Crippen molar-refractivity contribution in [2.24, 2.45) is 0 Å². The van der Waals surface area contributed by atoms with Crippen LogP contribution in [0.1, 0.15) is 10.4 Å². The van der Waals surface area contributed by atoms with Crippen LogP contribution >= 0.6 is 11.6 Å². The Morgan fingerprint density at radius 1 is 1.00 bits per heavy atom. The van der Waals surface area contributed by atoms with Gasteiger partial charge in [-0.25, -0.2) is 4.79 Å². The van der Waals surface area contributed by atoms with Crippen molar-refractivity contribution in [2.45, 2.75) is 0 Å². The second kappa shape index (κ2) is 7.23. The average molecular weight is 356 g/mol. The van der Waals surface area contributed by atoms with E-state index in [0.717, 1.165) is 10.8 Å². The van der Waals surface area contributed by atoms with Gasteiger partial charge in [-0.1, -0.05) is 41.9 Å². The summed E-state index contributed by atoms with van der Waals surface area (Å²) in [6.07, 6.45) is 0. The third kappa shape index (κ3) is 4.08. The summed E-state index contributed by atoms with van der Waals surface area (Å²) in [5.74, 6) is -1.38. The molecule has 6 heteroatoms. The maximum atomic E-state index is 12.0. The van der Waals surface area contributed by atoms with Crippen LogP contribution in [0.3, 0.4) is 0 Å². The van der Waals surface area contributed by atoms with Crippen LogP contribution in [0.25, 0.3) is 10.8 Å². The van der Waals surface area contributed by atoms with Crippen molar-refractivity contribution in [3.05, 3.63) is 71.2 Å². The fourth-order valence-corrected chi connectivity index (χ4v) is 2.60. The summed E-state index contributed by atoms with van der Waals surface area (Å²) in [5.41, 5.74) is 0.548. The smallest absolute Gasteiger partial charge is 0.339 e. The van der Waals surface area contributed by atoms with E-state index in [2.05, 4.69) is 5.32 Å². The number of benzene rings is 3. The highest BCUT2D eigenvalue weighted by molar-refractivity contribution is 6.30. The lowest BCUT2D eigenvalue weighted by molar-refractivity contribution is -0.118. The minimum absolute atomic E-state index is 0.00857. The van der Waals surface area contributed by atoms with Crippen LogP contribution in [0.2, 0.25) is 5.02 Å². The minimum Gasteiger partial charge on any atom is -0.483 e. The molecule has 0 saturated carbocycles. The Morgan fingerprint density at radius 2 is 1.72 bits per heavy atom. The van der Waals surface area contributed by atoms with Crippen LogP contribution in [0.4, 0.5) is 5.69 Å². The molecule has 3 aromatic carbocycles. The summed E-state index contributed by atoms with van der Waals surface area (Å²) in [5, 5.41) is 14.1. The van der Waals surface area contributed by atoms with Crippen molar-refractivity contribution >= 4 is 39.9 Å². The number of rotatable bonds is 5. The lowest BCUT2D eigenvalue weighted by Gasteiger charge is -2.11. The second-order valence-corrected chi connectivity index (χ2v) is 5.78. The zero-order chi connectivity index (χ0) is 17.8. The first-order valence-electron chi connectivity index (χ1n) is 7.47. The number of hydrogen-bond donors (Lipinski definition) is 2. The number of carboxylic acids is 1. The summed E-state index contributed by atoms with van der Waals surface area (Å²) in [6, 6.07) is 17.2. The van der Waals surface area contributed by atoms with Crippen molar-refractivity contribution in [3.8, 4) is 5.75 Å². The highest BCUT2D eigenvalue weighted by Crippen LogP contribution is 2.26. The highest BCUT2D eigenvalue weighted by atomic mass is 35.5. The number of anilines is 1. The largest absolute Gasteiger partial charge is 0.483 e. The number of aromatic carboxylic acids is 1. The summed E-state index contributed by atoms with van der Waals surface area (Å²) >= 11 is 5.86. The first-order chi connectivity index (χ1) is 12.0. The fraction of sp³-hybridized carbons (Fsp3) is 0.0526. The molecule has 0 unspecified atom stereocenters. The Hall–Kier alpha value is -3.05. The van der Waals surface area contributed by atoms with Crippen LogP contribution < -0.4 is 10.1 Å². The van der Waals surface area contributed by atoms with Gasteiger partial charge in [-0.3, -0.25) is 4.79 Å². The molecule has 5 nitrogen and oxygen atoms in total. The van der Waals surface area contributed by atoms with Crippen LogP contribution in [-0.4, -0.2) is 23.6 Å². The van der Waals surface area contributed by atoms with E-state index >= 15 is 0 Å². The predicted molar refractivity (Wildman–Crippen MR) is 96.5 cm³/mol. The number of halogens is 1. The van der Waals surface area contributed by atoms with Crippen molar-refractivity contribution in [2.75, 3.05) is 11.9 Å². The van der Waals surface area contributed by atoms with Crippen LogP contribution in [0.15, 0.2) is 60.7 Å². The highest BCUT2D eigenvalue weighted by Gasteiger charge is 2.14. The number of carboxylic acid groups (broad SMARTS) is 1. The quantitative estimate of drug-likeness (QED) is 0.718. The van der Waals surface area contributed by atoms with Gasteiger partial charge in [0.25, 0.3) is 5.91 Å². The number of ether oxygens (including phenoxy) is 1. The van der Waals surface area contributed by atoms with Gasteiger partial charge in [0.2, 0.25) is 0 Å². The molecule has 0 radical (unpaired) electrons. The van der Waals surface area contributed by atoms with E-state index in [-0.39, 0.29) is 17.9 Å². The lowest BCUT2D eigenvalue weighted by Crippen LogP contribution is -2.20. The number of carbonyl (C=O) groups is 2. The van der Waals surface area contributed by atoms with Gasteiger partial charge in [0.1, 0.15) is 11.3 Å². The van der Waals surface area contributed by atoms with E-state index in [4.69, 9.17) is 16.3 Å². The molecule has 0 heterocycles. The molecular weight excluding hydrogens is 342 g/mol. The number of fused-ring (bicyclic) bond motifs is 1. The maximum Gasteiger partial charge on any atom is 0.339 e. The van der Waals surface area contributed by atoms with Crippen molar-refractivity contribution in [1.82, 2.24) is 0 Å². The SMILES string of the molecule is O=C(COc1cc2ccccc2cc1C(=O)O)Nc1cccc(Cl)c1. The molecule has 0 saturated heterocycles. The van der Waals surface area contributed by atoms with Gasteiger partial charge in [-0.2, -0.15) is 0 Å². The summed E-state index contributed by atoms with van der Waals surface area (Å²) in [7, 11) is 0. The molecule has 0 bridgehead atoms. The van der Waals surface area contributed by atoms with E-state index in [1.807, 2.05) is 24.3 Å². The molecule has 3 rings (SSSR count). The molecule has 25 heavy (non-hydrogen) atoms. The lowest BCUT2D eigenvalue weighted by atomic mass is 10.1. The Bertz CT molecular complexity index is 955. The van der Waals surface area contributed by atoms with Gasteiger partial charge in [-0.15, -0.1) is 0 Å². The monoisotopic (exact) mass is 355 g/mol. The molecule has 0 aliphatic heterocycles. The van der Waals surface area contributed by atoms with E-state index in [0.29, 0.717) is 10.7 Å². The fourth-order valence-electron chi connectivity index (χ4n) is 2.41. The van der Waals surface area contributed by atoms with Crippen molar-refractivity contribution < 1.29 is 19.4 Å². The Kier molecular flexibility index (Phi) is 4.86. The van der Waals surface area contributed by atoms with Crippen molar-refractivity contribution in [1.29, 1.82) is 0 Å². The molecular formula is C19H14ClNO4. The molecule has 0 atom stereocenters. The Balaban J connectivity index is 1.76. The molecule has 1 amide bonds. The summed E-state index contributed by atoms with van der Waals surface area (Å²) in [4.78, 5) is 23.5. The molecule has 0 aliphatic rings. The van der Waals surface area contributed by atoms with Gasteiger partial charge >= 0.3 is 5.97 Å². The zero-order valence-electron chi connectivity index (χ0n) is 13.0. The third-order valence-electron chi connectivity index (χ3n) is 3.55. The number of carbonyl (C=O) groups excluding carboxylic acids is 1. The Labute approximate surface area is 148 Å². The number of hydrogen-bond acceptors (Lipinski definition) is 3. The molecule has 0 fully saturated rings. The maximum absolute atomic E-state index is 12.0. The average Bonchev–Trinajstić information content (AvgIpc) is 2.59. The summed E-state index contributed by atoms with van der Waals surface area (Å²) in [6.45, 7) is -0.314. The molecule has 3 aromatic rings. The molecule has 0 spiro atoms. The van der Waals surface area contributed by atoms with Crippen molar-refractivity contribution in [3.63, 3.8) is 0 Å². The standard InChI is InChI=1S/C19H14ClNO4/c20-14-6-3-7-15(10-14)21-18(22)11-25-17-9-13-5-2-1-4-12(13)8-16(17)19(23)24/h1-10H,11H2,(H,21,22)(H,23,24). The first-order valence-corrected chi connectivity index (χ1v) is 7.85. The molecule has 126 valence electrons. The van der Waals surface area contributed by atoms with E-state index in [1.165, 1.54) is 6.07 Å². The minimum atomic E-state index is -1.11. The van der Waals surface area contributed by atoms with E-state index < -0.39 is 11.9 Å². The third-order valence-corrected chi connectivity index (χ3v) is 3.78. The molecule has 0 aromatic heterocycles. The van der Waals surface area contributed by atoms with Gasteiger partial charge < -0.3 is 15.2 Å². The van der Waals surface area contributed by atoms with Gasteiger partial charge in [0.05, 0.1) is 0 Å². The number of amides is 1. The first kappa shape index (κ1) is 16.8. The predicted octanol–water partition coefficient (Wildman–Crippen LogP) is 4.21. The molecule has 0 aliphatic carbocycles. The van der Waals surface area contributed by atoms with Gasteiger partial charge in [0.15, 0.2) is 6.61 Å². The Morgan fingerprint density at radius 3 is 2.40 bits per heavy atom. The van der Waals surface area contributed by atoms with Gasteiger partial charge in [0, 0.05) is 10.7 Å².